The fourth-order valence-corrected chi connectivity index (χ4v) is 2.20. The second kappa shape index (κ2) is 5.20. The summed E-state index contributed by atoms with van der Waals surface area (Å²) in [4.78, 5) is 28.6. The average molecular weight is 252 g/mol. The quantitative estimate of drug-likeness (QED) is 0.867. The standard InChI is InChI=1S/C12H16N2O4/c1-8-7-18-10(13-8)6-11(15)14-5-3-2-4-9(14)12(16)17/h7,9H,2-6H2,1H3,(H,16,17). The normalized spacial score (nSPS) is 19.8. The summed E-state index contributed by atoms with van der Waals surface area (Å²) in [5, 5.41) is 9.09. The minimum absolute atomic E-state index is 0.0254. The zero-order valence-corrected chi connectivity index (χ0v) is 10.3. The van der Waals surface area contributed by atoms with Crippen LogP contribution in [0.1, 0.15) is 30.8 Å². The van der Waals surface area contributed by atoms with Crippen molar-refractivity contribution in [2.45, 2.75) is 38.6 Å². The van der Waals surface area contributed by atoms with E-state index in [2.05, 4.69) is 4.98 Å². The van der Waals surface area contributed by atoms with E-state index in [4.69, 9.17) is 9.52 Å². The lowest BCUT2D eigenvalue weighted by Gasteiger charge is -2.32. The molecule has 98 valence electrons. The molecule has 18 heavy (non-hydrogen) atoms. The van der Waals surface area contributed by atoms with E-state index >= 15 is 0 Å². The highest BCUT2D eigenvalue weighted by Gasteiger charge is 2.32. The van der Waals surface area contributed by atoms with Crippen LogP contribution in [0.25, 0.3) is 0 Å². The van der Waals surface area contributed by atoms with Gasteiger partial charge in [0.2, 0.25) is 11.8 Å². The number of rotatable bonds is 3. The second-order valence-corrected chi connectivity index (χ2v) is 4.50. The SMILES string of the molecule is Cc1coc(CC(=O)N2CCCCC2C(=O)O)n1. The molecule has 0 aromatic carbocycles. The summed E-state index contributed by atoms with van der Waals surface area (Å²) in [7, 11) is 0. The van der Waals surface area contributed by atoms with Crippen LogP contribution in [-0.4, -0.2) is 39.5 Å². The molecule has 1 aromatic rings. The lowest BCUT2D eigenvalue weighted by atomic mass is 10.0. The first-order valence-electron chi connectivity index (χ1n) is 6.01. The van der Waals surface area contributed by atoms with E-state index in [-0.39, 0.29) is 12.3 Å². The first kappa shape index (κ1) is 12.6. The molecule has 0 bridgehead atoms. The smallest absolute Gasteiger partial charge is 0.326 e. The van der Waals surface area contributed by atoms with Crippen molar-refractivity contribution in [1.29, 1.82) is 0 Å². The van der Waals surface area contributed by atoms with Crippen LogP contribution in [0.15, 0.2) is 10.7 Å². The molecular weight excluding hydrogens is 236 g/mol. The zero-order chi connectivity index (χ0) is 13.1. The van der Waals surface area contributed by atoms with Crippen molar-refractivity contribution in [2.75, 3.05) is 6.54 Å². The molecule has 1 amide bonds. The third-order valence-electron chi connectivity index (χ3n) is 3.08. The molecule has 6 nitrogen and oxygen atoms in total. The number of hydrogen-bond acceptors (Lipinski definition) is 4. The van der Waals surface area contributed by atoms with Crippen LogP contribution >= 0.6 is 0 Å². The predicted molar refractivity (Wildman–Crippen MR) is 61.9 cm³/mol. The van der Waals surface area contributed by atoms with Gasteiger partial charge in [-0.25, -0.2) is 9.78 Å². The van der Waals surface area contributed by atoms with E-state index in [1.807, 2.05) is 0 Å². The Bertz CT molecular complexity index is 455. The number of carboxylic acids is 1. The lowest BCUT2D eigenvalue weighted by Crippen LogP contribution is -2.48. The van der Waals surface area contributed by atoms with E-state index in [0.717, 1.165) is 12.8 Å². The number of aliphatic carboxylic acids is 1. The molecule has 1 unspecified atom stereocenters. The van der Waals surface area contributed by atoms with Crippen LogP contribution in [0, 0.1) is 6.92 Å². The number of likely N-dealkylation sites (tertiary alicyclic amines) is 1. The highest BCUT2D eigenvalue weighted by Crippen LogP contribution is 2.18. The van der Waals surface area contributed by atoms with Gasteiger partial charge in [-0.3, -0.25) is 4.79 Å². The monoisotopic (exact) mass is 252 g/mol. The van der Waals surface area contributed by atoms with Gasteiger partial charge < -0.3 is 14.4 Å². The van der Waals surface area contributed by atoms with Crippen molar-refractivity contribution in [2.24, 2.45) is 0 Å². The van der Waals surface area contributed by atoms with E-state index in [1.54, 1.807) is 6.92 Å². The van der Waals surface area contributed by atoms with Gasteiger partial charge >= 0.3 is 5.97 Å². The van der Waals surface area contributed by atoms with E-state index in [0.29, 0.717) is 24.6 Å². The van der Waals surface area contributed by atoms with Gasteiger partial charge in [0.15, 0.2) is 0 Å². The zero-order valence-electron chi connectivity index (χ0n) is 10.3. The summed E-state index contributed by atoms with van der Waals surface area (Å²) in [6.07, 6.45) is 3.72. The number of piperidine rings is 1. The van der Waals surface area contributed by atoms with Crippen LogP contribution < -0.4 is 0 Å². The van der Waals surface area contributed by atoms with Crippen molar-refractivity contribution < 1.29 is 19.1 Å². The van der Waals surface area contributed by atoms with Crippen molar-refractivity contribution in [3.63, 3.8) is 0 Å². The Hall–Kier alpha value is -1.85. The van der Waals surface area contributed by atoms with E-state index in [9.17, 15) is 9.59 Å². The fourth-order valence-electron chi connectivity index (χ4n) is 2.20. The van der Waals surface area contributed by atoms with E-state index < -0.39 is 12.0 Å². The van der Waals surface area contributed by atoms with Crippen molar-refractivity contribution >= 4 is 11.9 Å². The molecule has 1 aliphatic heterocycles. The van der Waals surface area contributed by atoms with Crippen LogP contribution in [0.4, 0.5) is 0 Å². The van der Waals surface area contributed by atoms with Gasteiger partial charge in [0.1, 0.15) is 18.7 Å². The third-order valence-corrected chi connectivity index (χ3v) is 3.08. The molecule has 0 spiro atoms. The molecule has 1 aliphatic rings. The molecule has 2 heterocycles. The summed E-state index contributed by atoms with van der Waals surface area (Å²) in [6, 6.07) is -0.706. The van der Waals surface area contributed by atoms with Gasteiger partial charge in [0, 0.05) is 6.54 Å². The van der Waals surface area contributed by atoms with Gasteiger partial charge in [-0.2, -0.15) is 0 Å². The Labute approximate surface area is 105 Å². The lowest BCUT2D eigenvalue weighted by molar-refractivity contribution is -0.151. The van der Waals surface area contributed by atoms with Gasteiger partial charge in [0.25, 0.3) is 0 Å². The van der Waals surface area contributed by atoms with E-state index in [1.165, 1.54) is 11.2 Å². The molecule has 1 atom stereocenters. The third kappa shape index (κ3) is 2.69. The van der Waals surface area contributed by atoms with Crippen LogP contribution in [0.3, 0.4) is 0 Å². The fraction of sp³-hybridized carbons (Fsp3) is 0.583. The van der Waals surface area contributed by atoms with Crippen LogP contribution in [0.2, 0.25) is 0 Å². The van der Waals surface area contributed by atoms with Gasteiger partial charge in [-0.05, 0) is 26.2 Å². The molecule has 1 saturated heterocycles. The maximum atomic E-state index is 12.1. The number of carboxylic acid groups (broad SMARTS) is 1. The molecule has 6 heteroatoms. The van der Waals surface area contributed by atoms with Gasteiger partial charge in [-0.1, -0.05) is 0 Å². The number of carbonyl (C=O) groups is 2. The number of hydrogen-bond donors (Lipinski definition) is 1. The highest BCUT2D eigenvalue weighted by atomic mass is 16.4. The summed E-state index contributed by atoms with van der Waals surface area (Å²) >= 11 is 0. The van der Waals surface area contributed by atoms with Gasteiger partial charge in [0.05, 0.1) is 5.69 Å². The molecule has 2 rings (SSSR count). The Morgan fingerprint density at radius 3 is 2.94 bits per heavy atom. The molecule has 1 aromatic heterocycles. The highest BCUT2D eigenvalue weighted by molar-refractivity contribution is 5.84. The predicted octanol–water partition coefficient (Wildman–Crippen LogP) is 0.991. The number of oxazole rings is 1. The number of carbonyl (C=O) groups excluding carboxylic acids is 1. The number of amides is 1. The van der Waals surface area contributed by atoms with Crippen molar-refractivity contribution in [3.05, 3.63) is 17.8 Å². The maximum Gasteiger partial charge on any atom is 0.326 e. The largest absolute Gasteiger partial charge is 0.480 e. The molecular formula is C12H16N2O4. The molecule has 1 N–H and O–H groups in total. The van der Waals surface area contributed by atoms with Crippen molar-refractivity contribution in [1.82, 2.24) is 9.88 Å². The van der Waals surface area contributed by atoms with Gasteiger partial charge in [-0.15, -0.1) is 0 Å². The van der Waals surface area contributed by atoms with Crippen LogP contribution in [-0.2, 0) is 16.0 Å². The van der Waals surface area contributed by atoms with Crippen LogP contribution in [0.5, 0.6) is 0 Å². The Morgan fingerprint density at radius 2 is 2.33 bits per heavy atom. The summed E-state index contributed by atoms with van der Waals surface area (Å²) in [5.74, 6) is -0.831. The molecule has 0 saturated carbocycles. The minimum atomic E-state index is -0.938. The molecule has 0 aliphatic carbocycles. The number of aromatic nitrogens is 1. The first-order chi connectivity index (χ1) is 8.58. The average Bonchev–Trinajstić information content (AvgIpc) is 2.74. The van der Waals surface area contributed by atoms with Crippen molar-refractivity contribution in [3.8, 4) is 0 Å². The maximum absolute atomic E-state index is 12.1. The minimum Gasteiger partial charge on any atom is -0.480 e. The summed E-state index contributed by atoms with van der Waals surface area (Å²) < 4.78 is 5.12. The Kier molecular flexibility index (Phi) is 3.64. The first-order valence-corrected chi connectivity index (χ1v) is 6.01. The molecule has 0 radical (unpaired) electrons. The summed E-state index contributed by atoms with van der Waals surface area (Å²) in [5.41, 5.74) is 0.714. The summed E-state index contributed by atoms with van der Waals surface area (Å²) in [6.45, 7) is 2.27. The Balaban J connectivity index is 2.04. The Morgan fingerprint density at radius 1 is 1.56 bits per heavy atom. The second-order valence-electron chi connectivity index (χ2n) is 4.50. The topological polar surface area (TPSA) is 83.6 Å². The number of nitrogens with zero attached hydrogens (tertiary/aromatic N) is 2. The number of aryl methyl sites for hydroxylation is 1. The molecule has 1 fully saturated rings.